The standard InChI is InChI=1S/C25H23FN4O.C25H22FN3O/c1-15-10-18(8-9-27-15)25-22-11-20-14-30(16(2)17-4-6-21(26)7-5-17)24(31)13-19(20)12-23(22)29(3)28-25;1-15-9-18(7-8-27-15)25-23-11-21-14-29(16(2)17-3-5-22(26)6-4-17)24(30)12-19(21)10-20(23)13-28-25/h4-12,16H,13-14H2,1-3H3;3-11,16H,12-14H2,1-2H3/t2*16-/m11/s1. The molecule has 0 saturated carbocycles. The summed E-state index contributed by atoms with van der Waals surface area (Å²) in [4.78, 5) is 42.9. The molecule has 306 valence electrons. The molecule has 9 nitrogen and oxygen atoms in total. The number of aliphatic imine (C=N–C) groups is 1. The van der Waals surface area contributed by atoms with Crippen molar-refractivity contribution in [3.63, 3.8) is 0 Å². The number of hydrogen-bond donors (Lipinski definition) is 0. The molecule has 2 amide bonds. The summed E-state index contributed by atoms with van der Waals surface area (Å²) in [5.74, 6) is -0.363. The third-order valence-corrected chi connectivity index (χ3v) is 12.2. The second-order valence-electron chi connectivity index (χ2n) is 16.3. The highest BCUT2D eigenvalue weighted by atomic mass is 19.1. The van der Waals surface area contributed by atoms with Crippen molar-refractivity contribution in [2.45, 2.75) is 72.3 Å². The number of fused-ring (bicyclic) bond motifs is 4. The van der Waals surface area contributed by atoms with Crippen LogP contribution in [0.25, 0.3) is 22.2 Å². The van der Waals surface area contributed by atoms with Gasteiger partial charge in [0, 0.05) is 66.0 Å². The van der Waals surface area contributed by atoms with Gasteiger partial charge in [0.25, 0.3) is 0 Å². The highest BCUT2D eigenvalue weighted by molar-refractivity contribution is 6.15. The van der Waals surface area contributed by atoms with Gasteiger partial charge in [0.05, 0.1) is 42.7 Å². The van der Waals surface area contributed by atoms with Crippen molar-refractivity contribution in [3.8, 4) is 11.3 Å². The topological polar surface area (TPSA) is 96.6 Å². The van der Waals surface area contributed by atoms with E-state index in [1.165, 1.54) is 29.8 Å². The number of carbonyl (C=O) groups excluding carboxylic acids is 2. The third kappa shape index (κ3) is 7.72. The molecule has 10 rings (SSSR count). The van der Waals surface area contributed by atoms with E-state index in [0.717, 1.165) is 83.8 Å². The zero-order chi connectivity index (χ0) is 42.5. The Morgan fingerprint density at radius 2 is 1.13 bits per heavy atom. The van der Waals surface area contributed by atoms with Crippen molar-refractivity contribution in [1.82, 2.24) is 29.5 Å². The minimum atomic E-state index is -0.274. The first kappa shape index (κ1) is 39.6. The fourth-order valence-electron chi connectivity index (χ4n) is 8.82. The molecule has 0 fully saturated rings. The Morgan fingerprint density at radius 3 is 1.70 bits per heavy atom. The maximum absolute atomic E-state index is 13.3. The van der Waals surface area contributed by atoms with E-state index in [4.69, 9.17) is 10.1 Å². The van der Waals surface area contributed by atoms with Crippen LogP contribution in [0.2, 0.25) is 0 Å². The SMILES string of the molecule is Cc1cc(-c2nn(C)c3cc4c(cc23)CN([C@H](C)c2ccc(F)cc2)C(=O)C4)ccn1.Cc1cc(C2=NCc3cc4c(cc32)CN([C@H](C)c2ccc(F)cc2)C(=O)C4)ccn1. The van der Waals surface area contributed by atoms with Crippen LogP contribution in [0.5, 0.6) is 0 Å². The number of pyridine rings is 2. The van der Waals surface area contributed by atoms with Crippen LogP contribution in [0.3, 0.4) is 0 Å². The monoisotopic (exact) mass is 813 g/mol. The Balaban J connectivity index is 0.000000156. The number of aromatic nitrogens is 4. The highest BCUT2D eigenvalue weighted by Gasteiger charge is 2.31. The molecular formula is C50H45F2N7O2. The molecule has 0 radical (unpaired) electrons. The van der Waals surface area contributed by atoms with Crippen molar-refractivity contribution in [3.05, 3.63) is 183 Å². The predicted molar refractivity (Wildman–Crippen MR) is 232 cm³/mol. The van der Waals surface area contributed by atoms with Crippen molar-refractivity contribution >= 4 is 28.4 Å². The van der Waals surface area contributed by atoms with Gasteiger partial charge in [-0.2, -0.15) is 5.10 Å². The van der Waals surface area contributed by atoms with Gasteiger partial charge < -0.3 is 9.80 Å². The second-order valence-corrected chi connectivity index (χ2v) is 16.3. The zero-order valence-electron chi connectivity index (χ0n) is 34.8. The molecule has 61 heavy (non-hydrogen) atoms. The maximum Gasteiger partial charge on any atom is 0.227 e. The van der Waals surface area contributed by atoms with Gasteiger partial charge in [0.2, 0.25) is 11.8 Å². The van der Waals surface area contributed by atoms with Crippen LogP contribution < -0.4 is 0 Å². The van der Waals surface area contributed by atoms with E-state index in [1.54, 1.807) is 30.5 Å². The number of rotatable bonds is 6. The summed E-state index contributed by atoms with van der Waals surface area (Å²) >= 11 is 0. The molecule has 3 aromatic heterocycles. The average Bonchev–Trinajstić information content (AvgIpc) is 3.81. The number of aryl methyl sites for hydroxylation is 3. The Hall–Kier alpha value is -6.88. The van der Waals surface area contributed by atoms with Crippen molar-refractivity contribution < 1.29 is 18.4 Å². The molecule has 0 aliphatic carbocycles. The molecule has 0 bridgehead atoms. The molecule has 4 aromatic carbocycles. The summed E-state index contributed by atoms with van der Waals surface area (Å²) in [5, 5.41) is 5.82. The molecule has 6 heterocycles. The Kier molecular flexibility index (Phi) is 10.3. The summed E-state index contributed by atoms with van der Waals surface area (Å²) in [6.07, 6.45) is 4.35. The minimum Gasteiger partial charge on any atom is -0.331 e. The summed E-state index contributed by atoms with van der Waals surface area (Å²) < 4.78 is 28.5. The lowest BCUT2D eigenvalue weighted by atomic mass is 9.90. The van der Waals surface area contributed by atoms with E-state index in [2.05, 4.69) is 40.3 Å². The molecule has 3 aliphatic heterocycles. The lowest BCUT2D eigenvalue weighted by molar-refractivity contribution is -0.135. The minimum absolute atomic E-state index is 0.0795. The van der Waals surface area contributed by atoms with E-state index in [0.29, 0.717) is 32.5 Å². The third-order valence-electron chi connectivity index (χ3n) is 12.2. The van der Waals surface area contributed by atoms with E-state index >= 15 is 0 Å². The second kappa shape index (κ2) is 15.9. The fraction of sp³-hybridized carbons (Fsp3) is 0.240. The molecule has 7 aromatic rings. The van der Waals surface area contributed by atoms with Gasteiger partial charge >= 0.3 is 0 Å². The van der Waals surface area contributed by atoms with Crippen molar-refractivity contribution in [2.24, 2.45) is 12.0 Å². The lowest BCUT2D eigenvalue weighted by Gasteiger charge is -2.34. The summed E-state index contributed by atoms with van der Waals surface area (Å²) in [6.45, 7) is 9.64. The Morgan fingerprint density at radius 1 is 0.607 bits per heavy atom. The Bertz CT molecular complexity index is 2890. The largest absolute Gasteiger partial charge is 0.331 e. The highest BCUT2D eigenvalue weighted by Crippen LogP contribution is 2.36. The van der Waals surface area contributed by atoms with Crippen LogP contribution in [0, 0.1) is 25.5 Å². The van der Waals surface area contributed by atoms with E-state index < -0.39 is 0 Å². The maximum atomic E-state index is 13.3. The molecule has 0 unspecified atom stereocenters. The zero-order valence-corrected chi connectivity index (χ0v) is 34.8. The summed E-state index contributed by atoms with van der Waals surface area (Å²) in [5.41, 5.74) is 15.5. The summed E-state index contributed by atoms with van der Waals surface area (Å²) in [6, 6.07) is 29.2. The van der Waals surface area contributed by atoms with Crippen LogP contribution in [-0.4, -0.2) is 47.1 Å². The number of carbonyl (C=O) groups is 2. The first-order valence-corrected chi connectivity index (χ1v) is 20.5. The number of nitrogens with zero attached hydrogens (tertiary/aromatic N) is 7. The van der Waals surface area contributed by atoms with E-state index in [1.807, 2.05) is 73.6 Å². The Labute approximate surface area is 353 Å². The smallest absolute Gasteiger partial charge is 0.227 e. The number of benzene rings is 4. The normalized spacial score (nSPS) is 15.4. The van der Waals surface area contributed by atoms with Gasteiger partial charge in [-0.05, 0) is 133 Å². The van der Waals surface area contributed by atoms with Crippen LogP contribution in [0.15, 0.2) is 114 Å². The summed E-state index contributed by atoms with van der Waals surface area (Å²) in [7, 11) is 1.93. The van der Waals surface area contributed by atoms with Gasteiger partial charge in [0.1, 0.15) is 17.3 Å². The number of hydrogen-bond acceptors (Lipinski definition) is 6. The number of halogens is 2. The molecule has 0 N–H and O–H groups in total. The first-order chi connectivity index (χ1) is 29.4. The van der Waals surface area contributed by atoms with E-state index in [-0.39, 0.29) is 35.5 Å². The van der Waals surface area contributed by atoms with Crippen molar-refractivity contribution in [2.75, 3.05) is 0 Å². The fourth-order valence-corrected chi connectivity index (χ4v) is 8.82. The molecule has 11 heteroatoms. The molecule has 2 atom stereocenters. The average molecular weight is 814 g/mol. The van der Waals surface area contributed by atoms with Gasteiger partial charge in [-0.25, -0.2) is 8.78 Å². The first-order valence-electron chi connectivity index (χ1n) is 20.5. The van der Waals surface area contributed by atoms with Crippen LogP contribution in [0.4, 0.5) is 8.78 Å². The van der Waals surface area contributed by atoms with Gasteiger partial charge in [-0.1, -0.05) is 30.3 Å². The van der Waals surface area contributed by atoms with Crippen LogP contribution in [0.1, 0.15) is 87.4 Å². The van der Waals surface area contributed by atoms with Crippen LogP contribution >= 0.6 is 0 Å². The van der Waals surface area contributed by atoms with Gasteiger partial charge in [-0.3, -0.25) is 29.2 Å². The molecule has 3 aliphatic rings. The van der Waals surface area contributed by atoms with E-state index in [9.17, 15) is 18.4 Å². The molecular weight excluding hydrogens is 769 g/mol. The molecule has 0 saturated heterocycles. The number of amides is 2. The molecule has 0 spiro atoms. The predicted octanol–water partition coefficient (Wildman–Crippen LogP) is 9.25. The van der Waals surface area contributed by atoms with Gasteiger partial charge in [0.15, 0.2) is 0 Å². The van der Waals surface area contributed by atoms with Crippen LogP contribution in [-0.2, 0) is 49.1 Å². The quantitative estimate of drug-likeness (QED) is 0.167. The van der Waals surface area contributed by atoms with Crippen molar-refractivity contribution in [1.29, 1.82) is 0 Å². The lowest BCUT2D eigenvalue weighted by Crippen LogP contribution is -2.38. The van der Waals surface area contributed by atoms with Gasteiger partial charge in [-0.15, -0.1) is 0 Å².